The summed E-state index contributed by atoms with van der Waals surface area (Å²) in [6.45, 7) is 4.69. The van der Waals surface area contributed by atoms with Gasteiger partial charge in [-0.25, -0.2) is 4.68 Å². The molecule has 2 aromatic heterocycles. The Balaban J connectivity index is 1.42. The summed E-state index contributed by atoms with van der Waals surface area (Å²) >= 11 is 0. The van der Waals surface area contributed by atoms with Crippen molar-refractivity contribution in [2.24, 2.45) is 0 Å². The number of hydrogen-bond donors (Lipinski definition) is 2. The second kappa shape index (κ2) is 7.52. The average molecular weight is 367 g/mol. The van der Waals surface area contributed by atoms with Crippen LogP contribution in [0.5, 0.6) is 0 Å². The van der Waals surface area contributed by atoms with Crippen LogP contribution in [0.25, 0.3) is 21.8 Å². The highest BCUT2D eigenvalue weighted by Gasteiger charge is 2.18. The molecular formula is C20H25N5O2. The van der Waals surface area contributed by atoms with Crippen molar-refractivity contribution in [3.05, 3.63) is 40.8 Å². The first-order valence-corrected chi connectivity index (χ1v) is 9.61. The highest BCUT2D eigenvalue weighted by atomic mass is 16.2. The van der Waals surface area contributed by atoms with Crippen LogP contribution in [0, 0.1) is 0 Å². The maximum absolute atomic E-state index is 12.7. The van der Waals surface area contributed by atoms with E-state index >= 15 is 0 Å². The number of benzene rings is 1. The molecule has 0 saturated carbocycles. The monoisotopic (exact) mass is 367 g/mol. The van der Waals surface area contributed by atoms with E-state index < -0.39 is 0 Å². The van der Waals surface area contributed by atoms with Gasteiger partial charge in [-0.15, -0.1) is 0 Å². The Bertz CT molecular complexity index is 1020. The molecule has 0 radical (unpaired) electrons. The van der Waals surface area contributed by atoms with Gasteiger partial charge in [0, 0.05) is 35.4 Å². The van der Waals surface area contributed by atoms with Crippen molar-refractivity contribution in [2.45, 2.75) is 38.8 Å². The van der Waals surface area contributed by atoms with E-state index in [-0.39, 0.29) is 18.0 Å². The van der Waals surface area contributed by atoms with E-state index in [1.807, 2.05) is 24.3 Å². The van der Waals surface area contributed by atoms with Gasteiger partial charge in [-0.2, -0.15) is 5.10 Å². The number of nitrogens with one attached hydrogen (secondary N) is 2. The van der Waals surface area contributed by atoms with Crippen molar-refractivity contribution in [3.8, 4) is 0 Å². The quantitative estimate of drug-likeness (QED) is 0.721. The zero-order valence-electron chi connectivity index (χ0n) is 15.6. The number of rotatable bonds is 5. The smallest absolute Gasteiger partial charge is 0.291 e. The largest absolute Gasteiger partial charge is 0.353 e. The van der Waals surface area contributed by atoms with Crippen LogP contribution in [0.3, 0.4) is 0 Å². The third-order valence-corrected chi connectivity index (χ3v) is 5.48. The van der Waals surface area contributed by atoms with Gasteiger partial charge in [0.05, 0.1) is 6.20 Å². The highest BCUT2D eigenvalue weighted by Crippen LogP contribution is 2.21. The third kappa shape index (κ3) is 3.60. The van der Waals surface area contributed by atoms with Gasteiger partial charge in [0.15, 0.2) is 0 Å². The first-order chi connectivity index (χ1) is 13.1. The normalized spacial score (nSPS) is 18.2. The van der Waals surface area contributed by atoms with Crippen LogP contribution in [-0.4, -0.2) is 51.2 Å². The van der Waals surface area contributed by atoms with E-state index in [0.717, 1.165) is 29.4 Å². The maximum atomic E-state index is 12.7. The van der Waals surface area contributed by atoms with Gasteiger partial charge in [0.1, 0.15) is 12.1 Å². The van der Waals surface area contributed by atoms with Crippen molar-refractivity contribution >= 4 is 27.7 Å². The van der Waals surface area contributed by atoms with E-state index in [1.165, 1.54) is 23.9 Å². The molecule has 1 fully saturated rings. The zero-order valence-corrected chi connectivity index (χ0v) is 15.6. The molecule has 1 aliphatic heterocycles. The number of hydrogen-bond acceptors (Lipinski definition) is 4. The van der Waals surface area contributed by atoms with Gasteiger partial charge in [0.2, 0.25) is 5.91 Å². The lowest BCUT2D eigenvalue weighted by Crippen LogP contribution is -2.43. The predicted molar refractivity (Wildman–Crippen MR) is 106 cm³/mol. The molecule has 1 atom stereocenters. The molecule has 1 aliphatic rings. The van der Waals surface area contributed by atoms with Crippen molar-refractivity contribution in [3.63, 3.8) is 0 Å². The molecule has 4 rings (SSSR count). The van der Waals surface area contributed by atoms with Gasteiger partial charge in [-0.3, -0.25) is 14.5 Å². The minimum Gasteiger partial charge on any atom is -0.353 e. The molecule has 3 aromatic rings. The molecule has 142 valence electrons. The number of amides is 1. The fourth-order valence-electron chi connectivity index (χ4n) is 3.91. The minimum absolute atomic E-state index is 0.0697. The first kappa shape index (κ1) is 17.7. The fraction of sp³-hybridized carbons (Fsp3) is 0.450. The molecule has 3 heterocycles. The van der Waals surface area contributed by atoms with E-state index in [4.69, 9.17) is 0 Å². The Morgan fingerprint density at radius 1 is 1.30 bits per heavy atom. The lowest BCUT2D eigenvalue weighted by atomic mass is 10.0. The molecule has 1 amide bonds. The molecule has 0 spiro atoms. The maximum Gasteiger partial charge on any atom is 0.291 e. The molecule has 1 saturated heterocycles. The Kier molecular flexibility index (Phi) is 4.94. The lowest BCUT2D eigenvalue weighted by molar-refractivity contribution is -0.122. The van der Waals surface area contributed by atoms with Crippen LogP contribution >= 0.6 is 0 Å². The van der Waals surface area contributed by atoms with E-state index in [0.29, 0.717) is 18.1 Å². The van der Waals surface area contributed by atoms with Crippen molar-refractivity contribution in [2.75, 3.05) is 19.6 Å². The van der Waals surface area contributed by atoms with E-state index in [1.54, 1.807) is 6.20 Å². The summed E-state index contributed by atoms with van der Waals surface area (Å²) in [4.78, 5) is 30.5. The van der Waals surface area contributed by atoms with Crippen LogP contribution in [0.2, 0.25) is 0 Å². The van der Waals surface area contributed by atoms with Gasteiger partial charge in [0.25, 0.3) is 5.56 Å². The molecule has 0 bridgehead atoms. The Morgan fingerprint density at radius 3 is 3.00 bits per heavy atom. The van der Waals surface area contributed by atoms with E-state index in [9.17, 15) is 9.59 Å². The Labute approximate surface area is 157 Å². The zero-order chi connectivity index (χ0) is 18.8. The molecule has 7 heteroatoms. The number of para-hydroxylation sites is 1. The summed E-state index contributed by atoms with van der Waals surface area (Å²) in [5.74, 6) is -0.190. The van der Waals surface area contributed by atoms with Crippen molar-refractivity contribution in [1.82, 2.24) is 25.0 Å². The topological polar surface area (TPSA) is 83.0 Å². The Hall–Kier alpha value is -2.67. The predicted octanol–water partition coefficient (Wildman–Crippen LogP) is 1.87. The number of piperidine rings is 1. The van der Waals surface area contributed by atoms with Gasteiger partial charge < -0.3 is 10.3 Å². The number of carbonyl (C=O) groups excluding carboxylic acids is 1. The molecule has 1 aromatic carbocycles. The SMILES string of the molecule is CC1CCCCN1CCNC(=O)Cn1ncc2c([nH]c3ccccc32)c1=O. The van der Waals surface area contributed by atoms with Gasteiger partial charge in [-0.1, -0.05) is 24.6 Å². The van der Waals surface area contributed by atoms with Crippen LogP contribution in [0.1, 0.15) is 26.2 Å². The fourth-order valence-corrected chi connectivity index (χ4v) is 3.91. The summed E-state index contributed by atoms with van der Waals surface area (Å²) in [5, 5.41) is 8.85. The summed E-state index contributed by atoms with van der Waals surface area (Å²) in [6, 6.07) is 8.30. The lowest BCUT2D eigenvalue weighted by Gasteiger charge is -2.33. The van der Waals surface area contributed by atoms with Crippen LogP contribution < -0.4 is 10.9 Å². The number of carbonyl (C=O) groups is 1. The number of aromatic amines is 1. The van der Waals surface area contributed by atoms with Gasteiger partial charge in [-0.05, 0) is 32.4 Å². The Morgan fingerprint density at radius 2 is 2.15 bits per heavy atom. The average Bonchev–Trinajstić information content (AvgIpc) is 3.05. The highest BCUT2D eigenvalue weighted by molar-refractivity contribution is 6.06. The number of H-pyrrole nitrogens is 1. The summed E-state index contributed by atoms with van der Waals surface area (Å²) in [7, 11) is 0. The van der Waals surface area contributed by atoms with Crippen molar-refractivity contribution in [1.29, 1.82) is 0 Å². The summed E-state index contributed by atoms with van der Waals surface area (Å²) in [6.07, 6.45) is 5.38. The van der Waals surface area contributed by atoms with Gasteiger partial charge >= 0.3 is 0 Å². The van der Waals surface area contributed by atoms with E-state index in [2.05, 4.69) is 27.2 Å². The van der Waals surface area contributed by atoms with Crippen LogP contribution in [0.15, 0.2) is 35.3 Å². The second-order valence-corrected chi connectivity index (χ2v) is 7.30. The molecule has 1 unspecified atom stereocenters. The molecule has 2 N–H and O–H groups in total. The standard InChI is InChI=1S/C20H25N5O2/c1-14-6-4-5-10-24(14)11-9-21-18(26)13-25-20(27)19-16(12-22-25)15-7-2-3-8-17(15)23-19/h2-3,7-8,12,14,23H,4-6,9-11,13H2,1H3,(H,21,26). The van der Waals surface area contributed by atoms with Crippen LogP contribution in [-0.2, 0) is 11.3 Å². The van der Waals surface area contributed by atoms with Crippen molar-refractivity contribution < 1.29 is 4.79 Å². The number of nitrogens with zero attached hydrogens (tertiary/aromatic N) is 3. The summed E-state index contributed by atoms with van der Waals surface area (Å²) in [5.41, 5.74) is 1.11. The molecule has 0 aliphatic carbocycles. The van der Waals surface area contributed by atoms with Crippen LogP contribution in [0.4, 0.5) is 0 Å². The first-order valence-electron chi connectivity index (χ1n) is 9.61. The summed E-state index contributed by atoms with van der Waals surface area (Å²) < 4.78 is 1.22. The number of likely N-dealkylation sites (tertiary alicyclic amines) is 1. The second-order valence-electron chi connectivity index (χ2n) is 7.30. The molecule has 7 nitrogen and oxygen atoms in total. The minimum atomic E-state index is -0.275. The molecular weight excluding hydrogens is 342 g/mol. The third-order valence-electron chi connectivity index (χ3n) is 5.48. The molecule has 27 heavy (non-hydrogen) atoms. The number of fused-ring (bicyclic) bond motifs is 3. The number of aromatic nitrogens is 3.